The average molecular weight is 418 g/mol. The Morgan fingerprint density at radius 3 is 2.23 bits per heavy atom. The van der Waals surface area contributed by atoms with Crippen LogP contribution in [-0.4, -0.2) is 55.3 Å². The Balaban J connectivity index is 0.000000318. The van der Waals surface area contributed by atoms with Gasteiger partial charge in [-0.2, -0.15) is 13.2 Å². The summed E-state index contributed by atoms with van der Waals surface area (Å²) in [6.45, 7) is 1.73. The minimum atomic E-state index is -5.08. The van der Waals surface area contributed by atoms with E-state index in [1.165, 1.54) is 5.56 Å². The lowest BCUT2D eigenvalue weighted by molar-refractivity contribution is -0.192. The van der Waals surface area contributed by atoms with Gasteiger partial charge in [0.15, 0.2) is 0 Å². The van der Waals surface area contributed by atoms with Gasteiger partial charge in [-0.25, -0.2) is 24.7 Å². The lowest BCUT2D eigenvalue weighted by atomic mass is 10.0. The molecule has 0 atom stereocenters. The Morgan fingerprint density at radius 1 is 0.967 bits per heavy atom. The van der Waals surface area contributed by atoms with Gasteiger partial charge in [0.25, 0.3) is 0 Å². The predicted molar refractivity (Wildman–Crippen MR) is 101 cm³/mol. The third-order valence-electron chi connectivity index (χ3n) is 4.32. The number of aliphatic carboxylic acids is 1. The van der Waals surface area contributed by atoms with Crippen molar-refractivity contribution < 1.29 is 23.1 Å². The summed E-state index contributed by atoms with van der Waals surface area (Å²) in [7, 11) is 0. The van der Waals surface area contributed by atoms with Gasteiger partial charge >= 0.3 is 12.1 Å². The molecule has 4 heterocycles. The molecule has 0 amide bonds. The Labute approximate surface area is 169 Å². The normalized spacial score (nSPS) is 13.5. The Kier molecular flexibility index (Phi) is 6.50. The van der Waals surface area contributed by atoms with Crippen molar-refractivity contribution in [3.63, 3.8) is 0 Å². The van der Waals surface area contributed by atoms with Gasteiger partial charge in [-0.15, -0.1) is 0 Å². The van der Waals surface area contributed by atoms with Crippen LogP contribution in [0.1, 0.15) is 11.3 Å². The predicted octanol–water partition coefficient (Wildman–Crippen LogP) is 2.57. The lowest BCUT2D eigenvalue weighted by Gasteiger charge is -2.19. The summed E-state index contributed by atoms with van der Waals surface area (Å²) in [5, 5.41) is 7.12. The molecule has 1 aliphatic rings. The second-order valence-corrected chi connectivity index (χ2v) is 6.22. The molecule has 1 aliphatic heterocycles. The molecule has 0 aliphatic carbocycles. The smallest absolute Gasteiger partial charge is 0.475 e. The van der Waals surface area contributed by atoms with E-state index < -0.39 is 12.1 Å². The third kappa shape index (κ3) is 5.25. The Bertz CT molecular complexity index is 987. The highest BCUT2D eigenvalue weighted by Crippen LogP contribution is 2.26. The fraction of sp³-hybridized carbons (Fsp3) is 0.263. The van der Waals surface area contributed by atoms with Crippen LogP contribution in [0.3, 0.4) is 0 Å². The van der Waals surface area contributed by atoms with Crippen molar-refractivity contribution in [2.75, 3.05) is 18.0 Å². The van der Waals surface area contributed by atoms with E-state index in [2.05, 4.69) is 29.8 Å². The van der Waals surface area contributed by atoms with Gasteiger partial charge in [-0.3, -0.25) is 4.98 Å². The largest absolute Gasteiger partial charge is 0.490 e. The number of nitrogens with zero attached hydrogens (tertiary/aromatic N) is 6. The van der Waals surface area contributed by atoms with Gasteiger partial charge < -0.3 is 10.0 Å². The van der Waals surface area contributed by atoms with Gasteiger partial charge in [0.1, 0.15) is 6.33 Å². The summed E-state index contributed by atoms with van der Waals surface area (Å²) in [5.74, 6) is -1.98. The van der Waals surface area contributed by atoms with Crippen molar-refractivity contribution in [3.8, 4) is 11.3 Å². The van der Waals surface area contributed by atoms with Crippen LogP contribution >= 0.6 is 0 Å². The molecule has 0 unspecified atom stereocenters. The van der Waals surface area contributed by atoms with Crippen molar-refractivity contribution in [1.82, 2.24) is 24.9 Å². The van der Waals surface area contributed by atoms with E-state index in [1.807, 2.05) is 18.2 Å². The number of pyridine rings is 1. The summed E-state index contributed by atoms with van der Waals surface area (Å²) in [6, 6.07) is 5.82. The first kappa shape index (κ1) is 21.1. The minimum Gasteiger partial charge on any atom is -0.475 e. The fourth-order valence-electron chi connectivity index (χ4n) is 2.94. The first-order valence-electron chi connectivity index (χ1n) is 8.91. The first-order valence-corrected chi connectivity index (χ1v) is 8.91. The molecule has 8 nitrogen and oxygen atoms in total. The molecule has 30 heavy (non-hydrogen) atoms. The molecule has 0 aromatic carbocycles. The van der Waals surface area contributed by atoms with Crippen LogP contribution in [0.15, 0.2) is 49.3 Å². The van der Waals surface area contributed by atoms with Crippen molar-refractivity contribution in [3.05, 3.63) is 60.6 Å². The SMILES string of the molecule is O=C(O)C(F)(F)F.c1cnc(N2CCc3ncnc(-c4ccncc4)c3CC2)nc1. The number of carboxylic acid groups (broad SMARTS) is 1. The van der Waals surface area contributed by atoms with Crippen molar-refractivity contribution in [2.45, 2.75) is 19.0 Å². The van der Waals surface area contributed by atoms with E-state index in [0.717, 1.165) is 48.8 Å². The number of alkyl halides is 3. The molecule has 0 radical (unpaired) electrons. The number of hydrogen-bond donors (Lipinski definition) is 1. The van der Waals surface area contributed by atoms with E-state index in [4.69, 9.17) is 9.90 Å². The maximum Gasteiger partial charge on any atom is 0.490 e. The molecule has 4 rings (SSSR count). The van der Waals surface area contributed by atoms with Crippen LogP contribution in [0.4, 0.5) is 19.1 Å². The van der Waals surface area contributed by atoms with E-state index in [-0.39, 0.29) is 0 Å². The Morgan fingerprint density at radius 2 is 1.60 bits per heavy atom. The van der Waals surface area contributed by atoms with Gasteiger partial charge in [-0.1, -0.05) is 0 Å². The van der Waals surface area contributed by atoms with Crippen LogP contribution in [0.5, 0.6) is 0 Å². The molecule has 11 heteroatoms. The van der Waals surface area contributed by atoms with Gasteiger partial charge in [0.05, 0.1) is 5.69 Å². The molecule has 156 valence electrons. The molecule has 0 spiro atoms. The zero-order valence-corrected chi connectivity index (χ0v) is 15.6. The third-order valence-corrected chi connectivity index (χ3v) is 4.32. The highest BCUT2D eigenvalue weighted by atomic mass is 19.4. The lowest BCUT2D eigenvalue weighted by Crippen LogP contribution is -2.27. The highest BCUT2D eigenvalue weighted by molar-refractivity contribution is 5.73. The second-order valence-electron chi connectivity index (χ2n) is 6.22. The average Bonchev–Trinajstić information content (AvgIpc) is 2.97. The zero-order chi connectivity index (χ0) is 21.6. The second kappa shape index (κ2) is 9.25. The maximum atomic E-state index is 10.6. The molecule has 0 fully saturated rings. The first-order chi connectivity index (χ1) is 14.4. The van der Waals surface area contributed by atoms with Crippen molar-refractivity contribution in [2.24, 2.45) is 0 Å². The highest BCUT2D eigenvalue weighted by Gasteiger charge is 2.38. The van der Waals surface area contributed by atoms with Crippen LogP contribution in [0.2, 0.25) is 0 Å². The van der Waals surface area contributed by atoms with Crippen LogP contribution in [0.25, 0.3) is 11.3 Å². The number of carbonyl (C=O) groups is 1. The molecule has 3 aromatic heterocycles. The standard InChI is InChI=1S/C17H16N6.C2HF3O2/c1-6-19-17(20-7-1)23-10-4-14-15(5-11-23)21-12-22-16(14)13-2-8-18-9-3-13;3-2(4,5)1(6)7/h1-3,6-9,12H,4-5,10-11H2;(H,6,7). The number of hydrogen-bond acceptors (Lipinski definition) is 7. The molecule has 3 aromatic rings. The zero-order valence-electron chi connectivity index (χ0n) is 15.6. The molecule has 1 N–H and O–H groups in total. The molecule has 0 saturated carbocycles. The van der Waals surface area contributed by atoms with Crippen LogP contribution < -0.4 is 4.90 Å². The van der Waals surface area contributed by atoms with E-state index >= 15 is 0 Å². The summed E-state index contributed by atoms with van der Waals surface area (Å²) >= 11 is 0. The minimum absolute atomic E-state index is 0.777. The molecule has 0 bridgehead atoms. The summed E-state index contributed by atoms with van der Waals surface area (Å²) < 4.78 is 31.7. The van der Waals surface area contributed by atoms with E-state index in [0.29, 0.717) is 0 Å². The number of halogens is 3. The molecular weight excluding hydrogens is 401 g/mol. The summed E-state index contributed by atoms with van der Waals surface area (Å²) in [4.78, 5) is 32.9. The fourth-order valence-corrected chi connectivity index (χ4v) is 2.94. The molecule has 0 saturated heterocycles. The van der Waals surface area contributed by atoms with Gasteiger partial charge in [-0.05, 0) is 24.6 Å². The van der Waals surface area contributed by atoms with Crippen LogP contribution in [0, 0.1) is 0 Å². The van der Waals surface area contributed by atoms with Crippen molar-refractivity contribution in [1.29, 1.82) is 0 Å². The number of rotatable bonds is 2. The number of carboxylic acids is 1. The number of anilines is 1. The summed E-state index contributed by atoms with van der Waals surface area (Å²) in [5.41, 5.74) is 4.43. The topological polar surface area (TPSA) is 105 Å². The Hall–Kier alpha value is -3.63. The van der Waals surface area contributed by atoms with E-state index in [1.54, 1.807) is 31.1 Å². The van der Waals surface area contributed by atoms with Gasteiger partial charge in [0.2, 0.25) is 5.95 Å². The van der Waals surface area contributed by atoms with Gasteiger partial charge in [0, 0.05) is 61.1 Å². The van der Waals surface area contributed by atoms with E-state index in [9.17, 15) is 13.2 Å². The maximum absolute atomic E-state index is 10.6. The number of aromatic nitrogens is 5. The number of fused-ring (bicyclic) bond motifs is 1. The molecular formula is C19H17F3N6O2. The quantitative estimate of drug-likeness (QED) is 0.677. The monoisotopic (exact) mass is 418 g/mol. The summed E-state index contributed by atoms with van der Waals surface area (Å²) in [6.07, 6.45) is 5.48. The van der Waals surface area contributed by atoms with Crippen molar-refractivity contribution >= 4 is 11.9 Å². The van der Waals surface area contributed by atoms with Crippen LogP contribution in [-0.2, 0) is 17.6 Å².